The highest BCUT2D eigenvalue weighted by Crippen LogP contribution is 2.46. The highest BCUT2D eigenvalue weighted by molar-refractivity contribution is 7.51. The molecule has 0 saturated carbocycles. The second-order valence-electron chi connectivity index (χ2n) is 6.73. The topological polar surface area (TPSA) is 84.9 Å². The van der Waals surface area contributed by atoms with Crippen molar-refractivity contribution in [2.24, 2.45) is 0 Å². The van der Waals surface area contributed by atoms with Crippen molar-refractivity contribution in [2.75, 3.05) is 0 Å². The molecule has 30 heavy (non-hydrogen) atoms. The quantitative estimate of drug-likeness (QED) is 0.429. The Morgan fingerprint density at radius 2 is 1.17 bits per heavy atom. The zero-order chi connectivity index (χ0) is 21.2. The van der Waals surface area contributed by atoms with Crippen molar-refractivity contribution in [3.05, 3.63) is 108 Å². The summed E-state index contributed by atoms with van der Waals surface area (Å²) < 4.78 is 24.7. The molecule has 7 heteroatoms. The average Bonchev–Trinajstić information content (AvgIpc) is 2.78. The van der Waals surface area contributed by atoms with Crippen molar-refractivity contribution < 1.29 is 23.5 Å². The van der Waals surface area contributed by atoms with Gasteiger partial charge in [0.05, 0.1) is 13.2 Å². The molecule has 0 radical (unpaired) electrons. The summed E-state index contributed by atoms with van der Waals surface area (Å²) in [4.78, 5) is 11.8. The Hall–Kier alpha value is -2.76. The molecule has 3 aromatic rings. The van der Waals surface area contributed by atoms with Crippen LogP contribution in [-0.4, -0.2) is 17.1 Å². The zero-order valence-corrected chi connectivity index (χ0v) is 17.3. The van der Waals surface area contributed by atoms with Crippen LogP contribution in [0.25, 0.3) is 0 Å². The Kier molecular flexibility index (Phi) is 7.94. The second-order valence-corrected chi connectivity index (χ2v) is 8.49. The third-order valence-electron chi connectivity index (χ3n) is 4.38. The Bertz CT molecular complexity index is 919. The minimum absolute atomic E-state index is 0.0254. The Morgan fingerprint density at radius 1 is 0.767 bits per heavy atom. The van der Waals surface area contributed by atoms with E-state index in [4.69, 9.17) is 9.05 Å². The number of carbonyl (C=O) groups is 1. The van der Waals surface area contributed by atoms with Crippen LogP contribution in [0.15, 0.2) is 91.0 Å². The molecule has 0 heterocycles. The number of nitrogens with one attached hydrogen (secondary N) is 1. The molecule has 2 N–H and O–H groups in total. The van der Waals surface area contributed by atoms with Crippen LogP contribution >= 0.6 is 7.75 Å². The van der Waals surface area contributed by atoms with E-state index in [1.165, 1.54) is 0 Å². The number of carboxylic acids is 1. The minimum atomic E-state index is -3.93. The van der Waals surface area contributed by atoms with Gasteiger partial charge in [0.25, 0.3) is 0 Å². The molecule has 0 bridgehead atoms. The van der Waals surface area contributed by atoms with Crippen molar-refractivity contribution in [3.63, 3.8) is 0 Å². The summed E-state index contributed by atoms with van der Waals surface area (Å²) in [6.45, 7) is 0.0508. The smallest absolute Gasteiger partial charge is 0.406 e. The van der Waals surface area contributed by atoms with Gasteiger partial charge >= 0.3 is 13.7 Å². The molecule has 0 aliphatic rings. The van der Waals surface area contributed by atoms with E-state index in [9.17, 15) is 14.5 Å². The van der Waals surface area contributed by atoms with E-state index in [2.05, 4.69) is 5.09 Å². The maximum atomic E-state index is 13.4. The van der Waals surface area contributed by atoms with Crippen molar-refractivity contribution in [1.29, 1.82) is 0 Å². The van der Waals surface area contributed by atoms with Crippen LogP contribution in [0.5, 0.6) is 0 Å². The number of hydrogen-bond acceptors (Lipinski definition) is 4. The molecule has 0 aliphatic heterocycles. The number of aliphatic carboxylic acids is 1. The molecule has 6 nitrogen and oxygen atoms in total. The molecule has 0 fully saturated rings. The lowest BCUT2D eigenvalue weighted by molar-refractivity contribution is -0.139. The molecule has 0 aliphatic carbocycles. The van der Waals surface area contributed by atoms with E-state index in [1.807, 2.05) is 91.0 Å². The predicted molar refractivity (Wildman–Crippen MR) is 115 cm³/mol. The Labute approximate surface area is 176 Å². The van der Waals surface area contributed by atoms with E-state index in [-0.39, 0.29) is 19.6 Å². The fraction of sp³-hybridized carbons (Fsp3) is 0.174. The summed E-state index contributed by atoms with van der Waals surface area (Å²) >= 11 is 0. The summed E-state index contributed by atoms with van der Waals surface area (Å²) in [6.07, 6.45) is 0.142. The molecular formula is C23H24NO5P. The highest BCUT2D eigenvalue weighted by Gasteiger charge is 2.32. The Morgan fingerprint density at radius 3 is 1.57 bits per heavy atom. The van der Waals surface area contributed by atoms with E-state index in [0.717, 1.165) is 16.7 Å². The predicted octanol–water partition coefficient (Wildman–Crippen LogP) is 4.81. The third kappa shape index (κ3) is 6.94. The highest BCUT2D eigenvalue weighted by atomic mass is 31.2. The summed E-state index contributed by atoms with van der Waals surface area (Å²) in [7, 11) is -3.93. The van der Waals surface area contributed by atoms with Gasteiger partial charge in [-0.1, -0.05) is 91.0 Å². The van der Waals surface area contributed by atoms with Crippen LogP contribution in [0.3, 0.4) is 0 Å². The van der Waals surface area contributed by atoms with Gasteiger partial charge in [-0.15, -0.1) is 0 Å². The lowest BCUT2D eigenvalue weighted by Gasteiger charge is -2.23. The fourth-order valence-electron chi connectivity index (χ4n) is 2.81. The van der Waals surface area contributed by atoms with Crippen LogP contribution in [0, 0.1) is 0 Å². The normalized spacial score (nSPS) is 12.4. The summed E-state index contributed by atoms with van der Waals surface area (Å²) in [5, 5.41) is 12.3. The van der Waals surface area contributed by atoms with Crippen LogP contribution in [-0.2, 0) is 38.0 Å². The molecule has 0 saturated heterocycles. The molecule has 0 spiro atoms. The van der Waals surface area contributed by atoms with Crippen molar-refractivity contribution in [1.82, 2.24) is 5.09 Å². The molecular weight excluding hydrogens is 401 g/mol. The first-order valence-corrected chi connectivity index (χ1v) is 11.1. The fourth-order valence-corrected chi connectivity index (χ4v) is 4.25. The van der Waals surface area contributed by atoms with Gasteiger partial charge in [-0.25, -0.2) is 9.65 Å². The largest absolute Gasteiger partial charge is 0.480 e. The first-order valence-electron chi connectivity index (χ1n) is 9.55. The number of rotatable bonds is 11. The average molecular weight is 425 g/mol. The molecule has 3 rings (SSSR count). The third-order valence-corrected chi connectivity index (χ3v) is 5.95. The molecule has 3 aromatic carbocycles. The lowest BCUT2D eigenvalue weighted by Crippen LogP contribution is -2.37. The molecule has 0 amide bonds. The van der Waals surface area contributed by atoms with Gasteiger partial charge in [0, 0.05) is 0 Å². The van der Waals surface area contributed by atoms with Crippen LogP contribution < -0.4 is 5.09 Å². The maximum Gasteiger partial charge on any atom is 0.406 e. The Balaban J connectivity index is 1.75. The van der Waals surface area contributed by atoms with Gasteiger partial charge in [-0.2, -0.15) is 0 Å². The first-order chi connectivity index (χ1) is 14.5. The van der Waals surface area contributed by atoms with Gasteiger partial charge in [-0.05, 0) is 23.1 Å². The van der Waals surface area contributed by atoms with Crippen LogP contribution in [0.1, 0.15) is 16.7 Å². The second kappa shape index (κ2) is 10.9. The molecule has 1 unspecified atom stereocenters. The number of hydrogen-bond donors (Lipinski definition) is 2. The molecule has 156 valence electrons. The lowest BCUT2D eigenvalue weighted by atomic mass is 10.1. The van der Waals surface area contributed by atoms with E-state index in [0.29, 0.717) is 0 Å². The van der Waals surface area contributed by atoms with Crippen molar-refractivity contribution in [3.8, 4) is 0 Å². The van der Waals surface area contributed by atoms with Gasteiger partial charge in [0.1, 0.15) is 6.04 Å². The van der Waals surface area contributed by atoms with Gasteiger partial charge < -0.3 is 5.11 Å². The standard InChI is InChI=1S/C23H24NO5P/c25-23(26)22(16-19-10-4-1-5-11-19)24-30(27,28-17-20-12-6-2-7-13-20)29-18-21-14-8-3-9-15-21/h1-15,22H,16-18H2,(H,24,27)(H,25,26). The maximum absolute atomic E-state index is 13.4. The van der Waals surface area contributed by atoms with Crippen molar-refractivity contribution in [2.45, 2.75) is 25.7 Å². The van der Waals surface area contributed by atoms with E-state index < -0.39 is 19.8 Å². The monoisotopic (exact) mass is 425 g/mol. The zero-order valence-electron chi connectivity index (χ0n) is 16.4. The van der Waals surface area contributed by atoms with E-state index >= 15 is 0 Å². The van der Waals surface area contributed by atoms with Crippen LogP contribution in [0.2, 0.25) is 0 Å². The minimum Gasteiger partial charge on any atom is -0.480 e. The van der Waals surface area contributed by atoms with Crippen LogP contribution in [0.4, 0.5) is 0 Å². The van der Waals surface area contributed by atoms with Crippen molar-refractivity contribution >= 4 is 13.7 Å². The van der Waals surface area contributed by atoms with Gasteiger partial charge in [0.2, 0.25) is 0 Å². The first kappa shape index (κ1) is 21.9. The SMILES string of the molecule is O=C(O)C(Cc1ccccc1)NP(=O)(OCc1ccccc1)OCc1ccccc1. The van der Waals surface area contributed by atoms with Gasteiger partial charge in [0.15, 0.2) is 0 Å². The number of benzene rings is 3. The van der Waals surface area contributed by atoms with E-state index in [1.54, 1.807) is 0 Å². The summed E-state index contributed by atoms with van der Waals surface area (Å²) in [6, 6.07) is 26.5. The summed E-state index contributed by atoms with van der Waals surface area (Å²) in [5.41, 5.74) is 2.41. The van der Waals surface area contributed by atoms with Gasteiger partial charge in [-0.3, -0.25) is 13.8 Å². The molecule has 0 aromatic heterocycles. The number of carboxylic acid groups (broad SMARTS) is 1. The summed E-state index contributed by atoms with van der Waals surface area (Å²) in [5.74, 6) is -1.13. The molecule has 1 atom stereocenters.